The zero-order valence-electron chi connectivity index (χ0n) is 10.0. The van der Waals surface area contributed by atoms with Crippen LogP contribution < -0.4 is 5.32 Å². The first-order chi connectivity index (χ1) is 8.71. The van der Waals surface area contributed by atoms with E-state index in [0.29, 0.717) is 0 Å². The molecule has 0 saturated carbocycles. The zero-order chi connectivity index (χ0) is 14.6. The molecular weight excluding hydrogens is 263 g/mol. The van der Waals surface area contributed by atoms with Crippen LogP contribution in [0.3, 0.4) is 0 Å². The molecule has 0 heterocycles. The molecule has 0 fully saturated rings. The van der Waals surface area contributed by atoms with E-state index in [1.165, 1.54) is 12.1 Å². The first-order valence-corrected chi connectivity index (χ1v) is 5.40. The van der Waals surface area contributed by atoms with Gasteiger partial charge in [0.2, 0.25) is 5.91 Å². The smallest absolute Gasteiger partial charge is 0.418 e. The van der Waals surface area contributed by atoms with E-state index in [2.05, 4.69) is 5.32 Å². The molecule has 0 bridgehead atoms. The Morgan fingerprint density at radius 3 is 2.42 bits per heavy atom. The van der Waals surface area contributed by atoms with Crippen molar-refractivity contribution >= 4 is 17.6 Å². The van der Waals surface area contributed by atoms with E-state index in [1.54, 1.807) is 0 Å². The lowest BCUT2D eigenvalue weighted by molar-refractivity contribution is -0.137. The van der Waals surface area contributed by atoms with Crippen molar-refractivity contribution in [2.75, 3.05) is 5.32 Å². The van der Waals surface area contributed by atoms with E-state index < -0.39 is 23.6 Å². The average molecular weight is 275 g/mol. The number of carboxylic acid groups (broad SMARTS) is 1. The lowest BCUT2D eigenvalue weighted by atomic mass is 10.0. The largest absolute Gasteiger partial charge is 0.481 e. The second-order valence-corrected chi connectivity index (χ2v) is 3.91. The van der Waals surface area contributed by atoms with E-state index >= 15 is 0 Å². The fourth-order valence-corrected chi connectivity index (χ4v) is 1.61. The minimum atomic E-state index is -4.61. The second kappa shape index (κ2) is 5.73. The standard InChI is InChI=1S/C12H12F3NO3/c1-7(17)16-11-8(5-6-10(18)19)3-2-4-9(11)12(13,14)15/h2-4H,5-6H2,1H3,(H,16,17)(H,18,19). The van der Waals surface area contributed by atoms with Crippen LogP contribution in [0.1, 0.15) is 24.5 Å². The minimum Gasteiger partial charge on any atom is -0.481 e. The summed E-state index contributed by atoms with van der Waals surface area (Å²) >= 11 is 0. The number of hydrogen-bond donors (Lipinski definition) is 2. The molecule has 1 amide bonds. The van der Waals surface area contributed by atoms with Gasteiger partial charge in [0.25, 0.3) is 0 Å². The van der Waals surface area contributed by atoms with Crippen molar-refractivity contribution < 1.29 is 27.9 Å². The van der Waals surface area contributed by atoms with Crippen molar-refractivity contribution in [3.63, 3.8) is 0 Å². The van der Waals surface area contributed by atoms with Crippen molar-refractivity contribution in [3.05, 3.63) is 29.3 Å². The Morgan fingerprint density at radius 2 is 1.95 bits per heavy atom. The topological polar surface area (TPSA) is 66.4 Å². The second-order valence-electron chi connectivity index (χ2n) is 3.91. The molecule has 1 aromatic rings. The quantitative estimate of drug-likeness (QED) is 0.887. The number of carbonyl (C=O) groups is 2. The molecule has 7 heteroatoms. The highest BCUT2D eigenvalue weighted by Crippen LogP contribution is 2.37. The number of aliphatic carboxylic acids is 1. The molecule has 0 radical (unpaired) electrons. The van der Waals surface area contributed by atoms with Gasteiger partial charge in [-0.3, -0.25) is 9.59 Å². The normalized spacial score (nSPS) is 11.2. The molecule has 104 valence electrons. The first kappa shape index (κ1) is 15.0. The van der Waals surface area contributed by atoms with Crippen molar-refractivity contribution in [1.82, 2.24) is 0 Å². The highest BCUT2D eigenvalue weighted by atomic mass is 19.4. The van der Waals surface area contributed by atoms with E-state index in [-0.39, 0.29) is 24.1 Å². The predicted molar refractivity (Wildman–Crippen MR) is 61.7 cm³/mol. The Hall–Kier alpha value is -2.05. The van der Waals surface area contributed by atoms with Crippen LogP contribution in [0.15, 0.2) is 18.2 Å². The molecule has 4 nitrogen and oxygen atoms in total. The summed E-state index contributed by atoms with van der Waals surface area (Å²) in [6.45, 7) is 1.09. The number of rotatable bonds is 4. The third-order valence-corrected chi connectivity index (χ3v) is 2.37. The summed E-state index contributed by atoms with van der Waals surface area (Å²) in [6, 6.07) is 3.39. The molecule has 1 rings (SSSR count). The molecule has 0 aromatic heterocycles. The summed E-state index contributed by atoms with van der Waals surface area (Å²) in [6.07, 6.45) is -5.01. The third-order valence-electron chi connectivity index (χ3n) is 2.37. The first-order valence-electron chi connectivity index (χ1n) is 5.40. The van der Waals surface area contributed by atoms with E-state index in [0.717, 1.165) is 13.0 Å². The van der Waals surface area contributed by atoms with Gasteiger partial charge in [-0.2, -0.15) is 13.2 Å². The van der Waals surface area contributed by atoms with Crippen LogP contribution >= 0.6 is 0 Å². The van der Waals surface area contributed by atoms with Gasteiger partial charge in [-0.05, 0) is 18.1 Å². The van der Waals surface area contributed by atoms with Crippen molar-refractivity contribution in [2.45, 2.75) is 25.9 Å². The summed E-state index contributed by atoms with van der Waals surface area (Å²) in [4.78, 5) is 21.5. The van der Waals surface area contributed by atoms with Gasteiger partial charge < -0.3 is 10.4 Å². The molecule has 0 unspecified atom stereocenters. The number of nitrogens with one attached hydrogen (secondary N) is 1. The molecule has 0 aliphatic heterocycles. The Labute approximate surface area is 107 Å². The number of carbonyl (C=O) groups excluding carboxylic acids is 1. The van der Waals surface area contributed by atoms with E-state index in [1.807, 2.05) is 0 Å². The number of anilines is 1. The molecule has 0 saturated heterocycles. The maximum atomic E-state index is 12.8. The van der Waals surface area contributed by atoms with Gasteiger partial charge in [-0.25, -0.2) is 0 Å². The van der Waals surface area contributed by atoms with Crippen LogP contribution in [0.2, 0.25) is 0 Å². The predicted octanol–water partition coefficient (Wildman–Crippen LogP) is 2.68. The Kier molecular flexibility index (Phi) is 4.52. The monoisotopic (exact) mass is 275 g/mol. The maximum absolute atomic E-state index is 12.8. The van der Waals surface area contributed by atoms with Crippen LogP contribution in [0.5, 0.6) is 0 Å². The Balaban J connectivity index is 3.22. The van der Waals surface area contributed by atoms with Gasteiger partial charge in [-0.1, -0.05) is 12.1 Å². The third kappa shape index (κ3) is 4.27. The minimum absolute atomic E-state index is 0.0884. The highest BCUT2D eigenvalue weighted by molar-refractivity contribution is 5.90. The van der Waals surface area contributed by atoms with Crippen molar-refractivity contribution in [2.24, 2.45) is 0 Å². The fraction of sp³-hybridized carbons (Fsp3) is 0.333. The summed E-state index contributed by atoms with van der Waals surface area (Å²) in [5.74, 6) is -1.76. The molecule has 0 spiro atoms. The van der Waals surface area contributed by atoms with Crippen molar-refractivity contribution in [1.29, 1.82) is 0 Å². The number of benzene rings is 1. The number of para-hydroxylation sites is 1. The Bertz CT molecular complexity index is 497. The number of amides is 1. The number of aryl methyl sites for hydroxylation is 1. The SMILES string of the molecule is CC(=O)Nc1c(CCC(=O)O)cccc1C(F)(F)F. The van der Waals surface area contributed by atoms with Crippen molar-refractivity contribution in [3.8, 4) is 0 Å². The lowest BCUT2D eigenvalue weighted by Gasteiger charge is -2.16. The lowest BCUT2D eigenvalue weighted by Crippen LogP contribution is -2.16. The summed E-state index contributed by atoms with van der Waals surface area (Å²) in [7, 11) is 0. The summed E-state index contributed by atoms with van der Waals surface area (Å²) in [5.41, 5.74) is -1.21. The van der Waals surface area contributed by atoms with E-state index in [9.17, 15) is 22.8 Å². The summed E-state index contributed by atoms with van der Waals surface area (Å²) < 4.78 is 38.4. The number of halogens is 3. The van der Waals surface area contributed by atoms with Crippen LogP contribution in [0.25, 0.3) is 0 Å². The van der Waals surface area contributed by atoms with Crippen LogP contribution in [-0.2, 0) is 22.2 Å². The molecule has 0 atom stereocenters. The molecule has 2 N–H and O–H groups in total. The van der Waals surface area contributed by atoms with Gasteiger partial charge in [0.05, 0.1) is 11.3 Å². The van der Waals surface area contributed by atoms with Crippen LogP contribution in [0, 0.1) is 0 Å². The van der Waals surface area contributed by atoms with E-state index in [4.69, 9.17) is 5.11 Å². The van der Waals surface area contributed by atoms with Gasteiger partial charge in [0.1, 0.15) is 0 Å². The van der Waals surface area contributed by atoms with Crippen LogP contribution in [0.4, 0.5) is 18.9 Å². The highest BCUT2D eigenvalue weighted by Gasteiger charge is 2.34. The Morgan fingerprint density at radius 1 is 1.32 bits per heavy atom. The molecule has 0 aliphatic rings. The summed E-state index contributed by atoms with van der Waals surface area (Å²) in [5, 5.41) is 10.7. The molecule has 1 aromatic carbocycles. The maximum Gasteiger partial charge on any atom is 0.418 e. The number of hydrogen-bond acceptors (Lipinski definition) is 2. The van der Waals surface area contributed by atoms with Crippen LogP contribution in [-0.4, -0.2) is 17.0 Å². The zero-order valence-corrected chi connectivity index (χ0v) is 10.0. The van der Waals surface area contributed by atoms with Gasteiger partial charge in [0.15, 0.2) is 0 Å². The van der Waals surface area contributed by atoms with Gasteiger partial charge in [-0.15, -0.1) is 0 Å². The number of carboxylic acids is 1. The molecular formula is C12H12F3NO3. The fourth-order valence-electron chi connectivity index (χ4n) is 1.61. The number of alkyl halides is 3. The molecule has 19 heavy (non-hydrogen) atoms. The molecule has 0 aliphatic carbocycles. The van der Waals surface area contributed by atoms with Gasteiger partial charge >= 0.3 is 12.1 Å². The van der Waals surface area contributed by atoms with Gasteiger partial charge in [0, 0.05) is 13.3 Å². The average Bonchev–Trinajstić information content (AvgIpc) is 2.25.